The van der Waals surface area contributed by atoms with Crippen molar-refractivity contribution >= 4 is 17.5 Å². The van der Waals surface area contributed by atoms with Gasteiger partial charge in [-0.25, -0.2) is 4.39 Å². The summed E-state index contributed by atoms with van der Waals surface area (Å²) < 4.78 is 24.2. The first-order chi connectivity index (χ1) is 12.9. The standard InChI is InChI=1S/C20H19FN2O3S/c1-12-4-5-13(2)17(10-12)18(24)11-27-20-23-22-19(26-20)14(3)25-16-8-6-15(21)7-9-16/h4-10,14H,11H2,1-3H3/t14-/m1/s1. The van der Waals surface area contributed by atoms with Gasteiger partial charge in [0.15, 0.2) is 11.9 Å². The lowest BCUT2D eigenvalue weighted by Gasteiger charge is -2.10. The Labute approximate surface area is 161 Å². The molecule has 27 heavy (non-hydrogen) atoms. The number of aryl methyl sites for hydroxylation is 2. The Kier molecular flexibility index (Phi) is 5.91. The fourth-order valence-electron chi connectivity index (χ4n) is 2.45. The molecule has 0 aliphatic rings. The molecule has 0 fully saturated rings. The van der Waals surface area contributed by atoms with E-state index >= 15 is 0 Å². The van der Waals surface area contributed by atoms with Gasteiger partial charge in [-0.2, -0.15) is 0 Å². The molecule has 0 saturated heterocycles. The van der Waals surface area contributed by atoms with E-state index in [9.17, 15) is 9.18 Å². The highest BCUT2D eigenvalue weighted by molar-refractivity contribution is 7.99. The van der Waals surface area contributed by atoms with Crippen LogP contribution < -0.4 is 4.74 Å². The zero-order valence-corrected chi connectivity index (χ0v) is 16.0. The Morgan fingerprint density at radius 2 is 1.93 bits per heavy atom. The van der Waals surface area contributed by atoms with Crippen molar-refractivity contribution in [1.29, 1.82) is 0 Å². The summed E-state index contributed by atoms with van der Waals surface area (Å²) in [4.78, 5) is 12.4. The number of carbonyl (C=O) groups excluding carboxylic acids is 1. The monoisotopic (exact) mass is 386 g/mol. The van der Waals surface area contributed by atoms with Crippen LogP contribution >= 0.6 is 11.8 Å². The fraction of sp³-hybridized carbons (Fsp3) is 0.250. The smallest absolute Gasteiger partial charge is 0.277 e. The van der Waals surface area contributed by atoms with Crippen LogP contribution in [-0.2, 0) is 0 Å². The van der Waals surface area contributed by atoms with Gasteiger partial charge in [-0.15, -0.1) is 10.2 Å². The average Bonchev–Trinajstić information content (AvgIpc) is 3.13. The van der Waals surface area contributed by atoms with Gasteiger partial charge in [-0.05, 0) is 56.7 Å². The molecule has 7 heteroatoms. The maximum atomic E-state index is 12.9. The second kappa shape index (κ2) is 8.35. The quantitative estimate of drug-likeness (QED) is 0.423. The van der Waals surface area contributed by atoms with E-state index < -0.39 is 6.10 Å². The van der Waals surface area contributed by atoms with Crippen LogP contribution in [0, 0.1) is 19.7 Å². The minimum Gasteiger partial charge on any atom is -0.481 e. The van der Waals surface area contributed by atoms with Crippen LogP contribution in [0.5, 0.6) is 5.75 Å². The molecule has 0 aliphatic heterocycles. The van der Waals surface area contributed by atoms with E-state index in [-0.39, 0.29) is 17.4 Å². The molecule has 0 saturated carbocycles. The molecular formula is C20H19FN2O3S. The average molecular weight is 386 g/mol. The number of thioether (sulfide) groups is 1. The SMILES string of the molecule is Cc1ccc(C)c(C(=O)CSc2nnc([C@@H](C)Oc3ccc(F)cc3)o2)c1. The van der Waals surface area contributed by atoms with Gasteiger partial charge in [-0.3, -0.25) is 4.79 Å². The molecule has 1 heterocycles. The van der Waals surface area contributed by atoms with Crippen molar-refractivity contribution in [2.45, 2.75) is 32.1 Å². The van der Waals surface area contributed by atoms with Crippen LogP contribution in [0.3, 0.4) is 0 Å². The van der Waals surface area contributed by atoms with Gasteiger partial charge >= 0.3 is 0 Å². The third-order valence-electron chi connectivity index (χ3n) is 3.92. The van der Waals surface area contributed by atoms with Crippen LogP contribution in [0.2, 0.25) is 0 Å². The molecule has 0 unspecified atom stereocenters. The van der Waals surface area contributed by atoms with Gasteiger partial charge in [0.25, 0.3) is 11.1 Å². The van der Waals surface area contributed by atoms with Gasteiger partial charge in [-0.1, -0.05) is 29.5 Å². The Hall–Kier alpha value is -2.67. The van der Waals surface area contributed by atoms with Crippen molar-refractivity contribution in [3.63, 3.8) is 0 Å². The van der Waals surface area contributed by atoms with Crippen LogP contribution in [0.1, 0.15) is 40.4 Å². The maximum Gasteiger partial charge on any atom is 0.277 e. The number of benzene rings is 2. The molecule has 0 N–H and O–H groups in total. The molecule has 1 aromatic heterocycles. The van der Waals surface area contributed by atoms with E-state index in [1.54, 1.807) is 6.92 Å². The van der Waals surface area contributed by atoms with Crippen LogP contribution in [0.4, 0.5) is 4.39 Å². The van der Waals surface area contributed by atoms with Crippen molar-refractivity contribution in [3.8, 4) is 5.75 Å². The minimum absolute atomic E-state index is 0.0107. The topological polar surface area (TPSA) is 65.2 Å². The predicted octanol–water partition coefficient (Wildman–Crippen LogP) is 4.94. The molecule has 0 aliphatic carbocycles. The minimum atomic E-state index is -0.493. The number of ketones is 1. The third kappa shape index (κ3) is 4.95. The summed E-state index contributed by atoms with van der Waals surface area (Å²) in [6, 6.07) is 11.5. The first-order valence-corrected chi connectivity index (χ1v) is 9.40. The fourth-order valence-corrected chi connectivity index (χ4v) is 3.10. The highest BCUT2D eigenvalue weighted by atomic mass is 32.2. The van der Waals surface area contributed by atoms with Crippen molar-refractivity contribution < 1.29 is 18.3 Å². The molecule has 0 radical (unpaired) electrons. The normalized spacial score (nSPS) is 12.0. The molecule has 0 bridgehead atoms. The molecular weight excluding hydrogens is 367 g/mol. The highest BCUT2D eigenvalue weighted by Crippen LogP contribution is 2.25. The summed E-state index contributed by atoms with van der Waals surface area (Å²) in [6.45, 7) is 5.62. The molecule has 5 nitrogen and oxygen atoms in total. The Bertz CT molecular complexity index is 941. The van der Waals surface area contributed by atoms with Gasteiger partial charge in [0, 0.05) is 5.56 Å². The first kappa shape index (κ1) is 19.1. The summed E-state index contributed by atoms with van der Waals surface area (Å²) in [5.41, 5.74) is 2.69. The third-order valence-corrected chi connectivity index (χ3v) is 4.74. The van der Waals surface area contributed by atoms with E-state index in [4.69, 9.17) is 9.15 Å². The van der Waals surface area contributed by atoms with Gasteiger partial charge < -0.3 is 9.15 Å². The summed E-state index contributed by atoms with van der Waals surface area (Å²) in [5, 5.41) is 8.22. The maximum absolute atomic E-state index is 12.9. The molecule has 2 aromatic carbocycles. The number of carbonyl (C=O) groups is 1. The van der Waals surface area contributed by atoms with E-state index in [0.29, 0.717) is 22.4 Å². The lowest BCUT2D eigenvalue weighted by Crippen LogP contribution is -2.05. The first-order valence-electron chi connectivity index (χ1n) is 8.41. The van der Waals surface area contributed by atoms with Gasteiger partial charge in [0.1, 0.15) is 11.6 Å². The second-order valence-corrected chi connectivity index (χ2v) is 7.08. The van der Waals surface area contributed by atoms with Crippen molar-refractivity contribution in [1.82, 2.24) is 10.2 Å². The number of halogens is 1. The van der Waals surface area contributed by atoms with Gasteiger partial charge in [0.2, 0.25) is 0 Å². The largest absolute Gasteiger partial charge is 0.481 e. The Balaban J connectivity index is 1.59. The molecule has 0 amide bonds. The number of Topliss-reactive ketones (excluding diaryl/α,β-unsaturated/α-hetero) is 1. The van der Waals surface area contributed by atoms with Crippen molar-refractivity contribution in [2.24, 2.45) is 0 Å². The number of hydrogen-bond donors (Lipinski definition) is 0. The summed E-state index contributed by atoms with van der Waals surface area (Å²) >= 11 is 1.19. The zero-order valence-electron chi connectivity index (χ0n) is 15.2. The number of ether oxygens (including phenoxy) is 1. The van der Waals surface area contributed by atoms with E-state index in [2.05, 4.69) is 10.2 Å². The van der Waals surface area contributed by atoms with E-state index in [1.807, 2.05) is 32.0 Å². The zero-order chi connectivity index (χ0) is 19.4. The molecule has 3 aromatic rings. The molecule has 1 atom stereocenters. The lowest BCUT2D eigenvalue weighted by atomic mass is 10.0. The van der Waals surface area contributed by atoms with Crippen molar-refractivity contribution in [2.75, 3.05) is 5.75 Å². The molecule has 0 spiro atoms. The summed E-state index contributed by atoms with van der Waals surface area (Å²) in [5.74, 6) is 0.679. The second-order valence-electron chi connectivity index (χ2n) is 6.15. The van der Waals surface area contributed by atoms with E-state index in [1.165, 1.54) is 36.0 Å². The predicted molar refractivity (Wildman–Crippen MR) is 101 cm³/mol. The summed E-state index contributed by atoms with van der Waals surface area (Å²) in [7, 11) is 0. The lowest BCUT2D eigenvalue weighted by molar-refractivity contribution is 0.102. The Morgan fingerprint density at radius 1 is 1.19 bits per heavy atom. The van der Waals surface area contributed by atoms with Crippen LogP contribution in [0.25, 0.3) is 0 Å². The number of aromatic nitrogens is 2. The molecule has 3 rings (SSSR count). The summed E-state index contributed by atoms with van der Waals surface area (Å²) in [6.07, 6.45) is -0.493. The van der Waals surface area contributed by atoms with Crippen LogP contribution in [0.15, 0.2) is 52.1 Å². The van der Waals surface area contributed by atoms with Crippen molar-refractivity contribution in [3.05, 3.63) is 70.9 Å². The number of hydrogen-bond acceptors (Lipinski definition) is 6. The van der Waals surface area contributed by atoms with Crippen LogP contribution in [-0.4, -0.2) is 21.7 Å². The van der Waals surface area contributed by atoms with E-state index in [0.717, 1.165) is 11.1 Å². The highest BCUT2D eigenvalue weighted by Gasteiger charge is 2.18. The molecule has 140 valence electrons. The Morgan fingerprint density at radius 3 is 2.67 bits per heavy atom. The number of nitrogens with zero attached hydrogens (tertiary/aromatic N) is 2. The number of rotatable bonds is 7. The van der Waals surface area contributed by atoms with Gasteiger partial charge in [0.05, 0.1) is 5.75 Å².